The maximum Gasteiger partial charge on any atom is 0.175 e. The van der Waals surface area contributed by atoms with E-state index >= 15 is 0 Å². The van der Waals surface area contributed by atoms with Crippen molar-refractivity contribution in [1.82, 2.24) is 10.3 Å². The highest BCUT2D eigenvalue weighted by atomic mass is 79.9. The molecule has 0 saturated carbocycles. The summed E-state index contributed by atoms with van der Waals surface area (Å²) < 4.78 is 24.2. The minimum Gasteiger partial charge on any atom is -0.313 e. The van der Waals surface area contributed by atoms with Crippen LogP contribution in [0, 0.1) is 0 Å². The van der Waals surface area contributed by atoms with Gasteiger partial charge in [0.25, 0.3) is 0 Å². The van der Waals surface area contributed by atoms with Crippen molar-refractivity contribution in [3.63, 3.8) is 0 Å². The van der Waals surface area contributed by atoms with Crippen LogP contribution in [0.25, 0.3) is 0 Å². The molecule has 0 saturated heterocycles. The van der Waals surface area contributed by atoms with E-state index in [1.807, 2.05) is 25.2 Å². The lowest BCUT2D eigenvalue weighted by Crippen LogP contribution is -2.19. The van der Waals surface area contributed by atoms with Crippen LogP contribution in [0.1, 0.15) is 17.3 Å². The molecule has 1 unspecified atom stereocenters. The van der Waals surface area contributed by atoms with Gasteiger partial charge in [-0.3, -0.25) is 4.98 Å². The monoisotopic (exact) mass is 368 g/mol. The first kappa shape index (κ1) is 16.1. The molecule has 0 aliphatic rings. The molecule has 0 bridgehead atoms. The van der Waals surface area contributed by atoms with E-state index in [0.717, 1.165) is 15.7 Å². The van der Waals surface area contributed by atoms with Crippen molar-refractivity contribution >= 4 is 25.8 Å². The van der Waals surface area contributed by atoms with Gasteiger partial charge in [-0.25, -0.2) is 8.42 Å². The summed E-state index contributed by atoms with van der Waals surface area (Å²) in [6, 6.07) is 10.9. The predicted molar refractivity (Wildman–Crippen MR) is 87.0 cm³/mol. The van der Waals surface area contributed by atoms with Gasteiger partial charge in [-0.2, -0.15) is 0 Å². The fourth-order valence-electron chi connectivity index (χ4n) is 2.08. The lowest BCUT2D eigenvalue weighted by molar-refractivity contribution is 0.581. The lowest BCUT2D eigenvalue weighted by atomic mass is 10.0. The number of benzene rings is 1. The molecule has 0 spiro atoms. The number of nitrogens with one attached hydrogen (secondary N) is 1. The summed E-state index contributed by atoms with van der Waals surface area (Å²) in [4.78, 5) is 4.69. The van der Waals surface area contributed by atoms with E-state index in [0.29, 0.717) is 11.3 Å². The summed E-state index contributed by atoms with van der Waals surface area (Å²) in [5.41, 5.74) is 1.88. The number of nitrogens with zero attached hydrogens (tertiary/aromatic N) is 1. The second-order valence-corrected chi connectivity index (χ2v) is 7.79. The number of likely N-dealkylation sites (N-methyl/N-ethyl adjacent to an activating group) is 1. The Morgan fingerprint density at radius 1 is 1.29 bits per heavy atom. The van der Waals surface area contributed by atoms with Crippen molar-refractivity contribution in [3.05, 3.63) is 58.3 Å². The van der Waals surface area contributed by atoms with E-state index in [-0.39, 0.29) is 6.04 Å². The van der Waals surface area contributed by atoms with E-state index < -0.39 is 9.84 Å². The van der Waals surface area contributed by atoms with Crippen LogP contribution in [-0.4, -0.2) is 26.7 Å². The number of aromatic nitrogens is 1. The van der Waals surface area contributed by atoms with Gasteiger partial charge in [0.2, 0.25) is 0 Å². The molecule has 6 heteroatoms. The molecule has 0 amide bonds. The maximum atomic E-state index is 11.7. The van der Waals surface area contributed by atoms with Crippen LogP contribution >= 0.6 is 15.9 Å². The van der Waals surface area contributed by atoms with Gasteiger partial charge in [0.1, 0.15) is 0 Å². The van der Waals surface area contributed by atoms with E-state index in [1.54, 1.807) is 24.4 Å². The minimum atomic E-state index is -3.20. The van der Waals surface area contributed by atoms with E-state index in [1.165, 1.54) is 6.26 Å². The predicted octanol–water partition coefficient (Wildman–Crippen LogP) is 2.75. The van der Waals surface area contributed by atoms with Crippen LogP contribution in [0.3, 0.4) is 0 Å². The summed E-state index contributed by atoms with van der Waals surface area (Å²) in [6.07, 6.45) is 3.67. The van der Waals surface area contributed by atoms with Gasteiger partial charge in [-0.1, -0.05) is 12.1 Å². The van der Waals surface area contributed by atoms with Crippen molar-refractivity contribution in [2.75, 3.05) is 13.3 Å². The molecule has 0 fully saturated rings. The highest BCUT2D eigenvalue weighted by Crippen LogP contribution is 2.21. The van der Waals surface area contributed by atoms with Crippen LogP contribution in [0.2, 0.25) is 0 Å². The zero-order chi connectivity index (χ0) is 15.5. The van der Waals surface area contributed by atoms with Crippen LogP contribution < -0.4 is 5.32 Å². The number of hydrogen-bond donors (Lipinski definition) is 1. The summed E-state index contributed by atoms with van der Waals surface area (Å²) in [6.45, 7) is 0. The number of pyridine rings is 1. The molecule has 21 heavy (non-hydrogen) atoms. The normalized spacial score (nSPS) is 13.1. The Labute approximate surface area is 133 Å². The molecule has 0 radical (unpaired) electrons. The Morgan fingerprint density at radius 2 is 2.05 bits per heavy atom. The van der Waals surface area contributed by atoms with Gasteiger partial charge in [-0.15, -0.1) is 0 Å². The summed E-state index contributed by atoms with van der Waals surface area (Å²) in [5.74, 6) is 0. The van der Waals surface area contributed by atoms with Crippen LogP contribution in [-0.2, 0) is 16.3 Å². The SMILES string of the molecule is CNC(Cc1ccc(Br)cn1)c1cccc(S(C)(=O)=O)c1. The molecule has 1 atom stereocenters. The Balaban J connectivity index is 2.27. The molecule has 1 N–H and O–H groups in total. The number of rotatable bonds is 5. The highest BCUT2D eigenvalue weighted by molar-refractivity contribution is 9.10. The highest BCUT2D eigenvalue weighted by Gasteiger charge is 2.14. The smallest absolute Gasteiger partial charge is 0.175 e. The van der Waals surface area contributed by atoms with Crippen molar-refractivity contribution in [3.8, 4) is 0 Å². The molecule has 0 aliphatic carbocycles. The molecule has 112 valence electrons. The van der Waals surface area contributed by atoms with Crippen LogP contribution in [0.5, 0.6) is 0 Å². The quantitative estimate of drug-likeness (QED) is 0.881. The number of sulfone groups is 1. The number of halogens is 1. The maximum absolute atomic E-state index is 11.7. The van der Waals surface area contributed by atoms with Gasteiger partial charge in [-0.05, 0) is 52.8 Å². The van der Waals surface area contributed by atoms with Crippen LogP contribution in [0.4, 0.5) is 0 Å². The Morgan fingerprint density at radius 3 is 2.62 bits per heavy atom. The molecule has 4 nitrogen and oxygen atoms in total. The second kappa shape index (κ2) is 6.68. The van der Waals surface area contributed by atoms with Crippen molar-refractivity contribution in [2.24, 2.45) is 0 Å². The molecule has 0 aliphatic heterocycles. The van der Waals surface area contributed by atoms with Crippen molar-refractivity contribution in [2.45, 2.75) is 17.4 Å². The minimum absolute atomic E-state index is 0.0142. The first-order valence-corrected chi connectivity index (χ1v) is 9.16. The molecule has 1 heterocycles. The van der Waals surface area contributed by atoms with Crippen molar-refractivity contribution < 1.29 is 8.42 Å². The van der Waals surface area contributed by atoms with Gasteiger partial charge < -0.3 is 5.32 Å². The standard InChI is InChI=1S/C15H17BrN2O2S/c1-17-15(9-13-7-6-12(16)10-18-13)11-4-3-5-14(8-11)21(2,19)20/h3-8,10,15,17H,9H2,1-2H3. The molecule has 2 rings (SSSR count). The molecule has 2 aromatic rings. The van der Waals surface area contributed by atoms with E-state index in [4.69, 9.17) is 0 Å². The number of hydrogen-bond acceptors (Lipinski definition) is 4. The third-order valence-corrected chi connectivity index (χ3v) is 4.82. The summed E-state index contributed by atoms with van der Waals surface area (Å²) in [7, 11) is -1.34. The van der Waals surface area contributed by atoms with Crippen LogP contribution in [0.15, 0.2) is 52.0 Å². The topological polar surface area (TPSA) is 59.1 Å². The molecule has 1 aromatic heterocycles. The summed E-state index contributed by atoms with van der Waals surface area (Å²) >= 11 is 3.36. The first-order valence-electron chi connectivity index (χ1n) is 6.48. The Bertz CT molecular complexity index is 715. The van der Waals surface area contributed by atoms with E-state index in [9.17, 15) is 8.42 Å². The fourth-order valence-corrected chi connectivity index (χ4v) is 3.00. The van der Waals surface area contributed by atoms with Gasteiger partial charge >= 0.3 is 0 Å². The summed E-state index contributed by atoms with van der Waals surface area (Å²) in [5, 5.41) is 3.21. The van der Waals surface area contributed by atoms with Gasteiger partial charge in [0.05, 0.1) is 4.90 Å². The largest absolute Gasteiger partial charge is 0.313 e. The van der Waals surface area contributed by atoms with Gasteiger partial charge in [0, 0.05) is 35.1 Å². The second-order valence-electron chi connectivity index (χ2n) is 4.86. The van der Waals surface area contributed by atoms with Crippen molar-refractivity contribution in [1.29, 1.82) is 0 Å². The zero-order valence-corrected chi connectivity index (χ0v) is 14.3. The molecular formula is C15H17BrN2O2S. The molecule has 1 aromatic carbocycles. The Hall–Kier alpha value is -1.24. The third kappa shape index (κ3) is 4.36. The third-order valence-electron chi connectivity index (χ3n) is 3.24. The average molecular weight is 369 g/mol. The zero-order valence-electron chi connectivity index (χ0n) is 11.9. The van der Waals surface area contributed by atoms with E-state index in [2.05, 4.69) is 26.2 Å². The first-order chi connectivity index (χ1) is 9.90. The lowest BCUT2D eigenvalue weighted by Gasteiger charge is -2.17. The average Bonchev–Trinajstić information content (AvgIpc) is 2.46. The Kier molecular flexibility index (Phi) is 5.13. The fraction of sp³-hybridized carbons (Fsp3) is 0.267. The van der Waals surface area contributed by atoms with Gasteiger partial charge in [0.15, 0.2) is 9.84 Å². The molecular weight excluding hydrogens is 352 g/mol.